The zero-order valence-corrected chi connectivity index (χ0v) is 11.1. The smallest absolute Gasteiger partial charge is 0.133 e. The highest BCUT2D eigenvalue weighted by molar-refractivity contribution is 7.99. The van der Waals surface area contributed by atoms with Gasteiger partial charge in [-0.15, -0.1) is 0 Å². The minimum absolute atomic E-state index is 0.234. The van der Waals surface area contributed by atoms with Crippen LogP contribution in [0.2, 0.25) is 0 Å². The largest absolute Gasteiger partial charge is 0.390 e. The standard InChI is InChI=1S/C13H20O2S/c1-10(14)12(15-13(2,3)4)16-11-8-6-5-7-9-11/h5-10,12,14H,1-4H3. The zero-order valence-electron chi connectivity index (χ0n) is 10.3. The molecule has 90 valence electrons. The van der Waals surface area contributed by atoms with Gasteiger partial charge in [0, 0.05) is 4.90 Å². The third kappa shape index (κ3) is 5.01. The van der Waals surface area contributed by atoms with Crippen LogP contribution in [0.5, 0.6) is 0 Å². The Labute approximate surface area is 102 Å². The van der Waals surface area contributed by atoms with Crippen LogP contribution in [0.25, 0.3) is 0 Å². The Morgan fingerprint density at radius 2 is 1.75 bits per heavy atom. The minimum Gasteiger partial charge on any atom is -0.390 e. The van der Waals surface area contributed by atoms with Gasteiger partial charge in [-0.3, -0.25) is 0 Å². The highest BCUT2D eigenvalue weighted by Gasteiger charge is 2.23. The van der Waals surface area contributed by atoms with Gasteiger partial charge < -0.3 is 9.84 Å². The molecule has 0 fully saturated rings. The lowest BCUT2D eigenvalue weighted by Gasteiger charge is -2.28. The molecule has 0 bridgehead atoms. The van der Waals surface area contributed by atoms with Crippen molar-refractivity contribution in [3.05, 3.63) is 30.3 Å². The van der Waals surface area contributed by atoms with Gasteiger partial charge in [0.05, 0.1) is 11.7 Å². The third-order valence-corrected chi connectivity index (χ3v) is 3.13. The van der Waals surface area contributed by atoms with Crippen molar-refractivity contribution in [2.75, 3.05) is 0 Å². The van der Waals surface area contributed by atoms with Crippen LogP contribution in [0.3, 0.4) is 0 Å². The van der Waals surface area contributed by atoms with Crippen LogP contribution < -0.4 is 0 Å². The molecule has 0 radical (unpaired) electrons. The normalized spacial score (nSPS) is 15.8. The van der Waals surface area contributed by atoms with Crippen LogP contribution in [0.1, 0.15) is 27.7 Å². The fourth-order valence-corrected chi connectivity index (χ4v) is 2.32. The topological polar surface area (TPSA) is 29.5 Å². The van der Waals surface area contributed by atoms with E-state index in [0.717, 1.165) is 4.90 Å². The lowest BCUT2D eigenvalue weighted by atomic mass is 10.2. The van der Waals surface area contributed by atoms with Crippen LogP contribution in [-0.4, -0.2) is 22.2 Å². The summed E-state index contributed by atoms with van der Waals surface area (Å²) in [7, 11) is 0. The highest BCUT2D eigenvalue weighted by Crippen LogP contribution is 2.29. The number of aliphatic hydroxyl groups is 1. The van der Waals surface area contributed by atoms with E-state index in [0.29, 0.717) is 0 Å². The second-order valence-corrected chi connectivity index (χ2v) is 5.94. The van der Waals surface area contributed by atoms with Crippen molar-refractivity contribution in [2.45, 2.75) is 49.7 Å². The molecule has 0 aliphatic carbocycles. The van der Waals surface area contributed by atoms with Crippen molar-refractivity contribution in [1.82, 2.24) is 0 Å². The Balaban J connectivity index is 2.66. The van der Waals surface area contributed by atoms with E-state index in [1.165, 1.54) is 0 Å². The van der Waals surface area contributed by atoms with Crippen molar-refractivity contribution < 1.29 is 9.84 Å². The molecule has 1 rings (SSSR count). The molecule has 0 amide bonds. The summed E-state index contributed by atoms with van der Waals surface area (Å²) in [5, 5.41) is 9.69. The van der Waals surface area contributed by atoms with Crippen LogP contribution >= 0.6 is 11.8 Å². The average Bonchev–Trinajstić information content (AvgIpc) is 2.16. The summed E-state index contributed by atoms with van der Waals surface area (Å²) in [6.07, 6.45) is -0.496. The third-order valence-electron chi connectivity index (χ3n) is 1.86. The summed E-state index contributed by atoms with van der Waals surface area (Å²) in [5.74, 6) is 0. The number of hydrogen-bond acceptors (Lipinski definition) is 3. The SMILES string of the molecule is CC(O)C(OC(C)(C)C)Sc1ccccc1. The lowest BCUT2D eigenvalue weighted by Crippen LogP contribution is -2.32. The van der Waals surface area contributed by atoms with Gasteiger partial charge in [0.25, 0.3) is 0 Å². The monoisotopic (exact) mass is 240 g/mol. The van der Waals surface area contributed by atoms with Gasteiger partial charge in [0.15, 0.2) is 0 Å². The predicted octanol–water partition coefficient (Wildman–Crippen LogP) is 3.30. The van der Waals surface area contributed by atoms with E-state index < -0.39 is 6.10 Å². The maximum Gasteiger partial charge on any atom is 0.133 e. The van der Waals surface area contributed by atoms with Gasteiger partial charge in [-0.1, -0.05) is 30.0 Å². The molecular weight excluding hydrogens is 220 g/mol. The molecular formula is C13H20O2S. The molecule has 0 aliphatic heterocycles. The van der Waals surface area contributed by atoms with E-state index in [1.807, 2.05) is 51.1 Å². The van der Waals surface area contributed by atoms with Gasteiger partial charge in [-0.05, 0) is 39.8 Å². The molecule has 0 spiro atoms. The number of aliphatic hydroxyl groups excluding tert-OH is 1. The number of ether oxygens (including phenoxy) is 1. The Bertz CT molecular complexity index is 303. The van der Waals surface area contributed by atoms with Crippen molar-refractivity contribution in [1.29, 1.82) is 0 Å². The first-order chi connectivity index (χ1) is 7.38. The van der Waals surface area contributed by atoms with Gasteiger partial charge in [0.1, 0.15) is 5.44 Å². The first-order valence-electron chi connectivity index (χ1n) is 5.46. The van der Waals surface area contributed by atoms with Crippen LogP contribution in [0.15, 0.2) is 35.2 Å². The first kappa shape index (κ1) is 13.6. The van der Waals surface area contributed by atoms with Gasteiger partial charge >= 0.3 is 0 Å². The van der Waals surface area contributed by atoms with Crippen LogP contribution in [0, 0.1) is 0 Å². The zero-order chi connectivity index (χ0) is 12.2. The van der Waals surface area contributed by atoms with Crippen LogP contribution in [-0.2, 0) is 4.74 Å². The van der Waals surface area contributed by atoms with Gasteiger partial charge in [-0.2, -0.15) is 0 Å². The van der Waals surface area contributed by atoms with E-state index in [2.05, 4.69) is 0 Å². The lowest BCUT2D eigenvalue weighted by molar-refractivity contribution is -0.0627. The Kier molecular flexibility index (Phi) is 4.84. The van der Waals surface area contributed by atoms with E-state index >= 15 is 0 Å². The van der Waals surface area contributed by atoms with Gasteiger partial charge in [-0.25, -0.2) is 0 Å². The fourth-order valence-electron chi connectivity index (χ4n) is 1.20. The predicted molar refractivity (Wildman–Crippen MR) is 68.6 cm³/mol. The number of rotatable bonds is 4. The maximum atomic E-state index is 9.69. The molecule has 1 aromatic rings. The van der Waals surface area contributed by atoms with E-state index in [-0.39, 0.29) is 11.0 Å². The second kappa shape index (κ2) is 5.71. The molecule has 16 heavy (non-hydrogen) atoms. The minimum atomic E-state index is -0.496. The van der Waals surface area contributed by atoms with Crippen molar-refractivity contribution in [3.63, 3.8) is 0 Å². The molecule has 2 unspecified atom stereocenters. The van der Waals surface area contributed by atoms with E-state index in [4.69, 9.17) is 4.74 Å². The summed E-state index contributed by atoms with van der Waals surface area (Å²) in [4.78, 5) is 1.11. The van der Waals surface area contributed by atoms with Gasteiger partial charge in [0.2, 0.25) is 0 Å². The molecule has 0 heterocycles. The van der Waals surface area contributed by atoms with Crippen LogP contribution in [0.4, 0.5) is 0 Å². The summed E-state index contributed by atoms with van der Waals surface area (Å²) >= 11 is 1.55. The van der Waals surface area contributed by atoms with Crippen molar-refractivity contribution >= 4 is 11.8 Å². The summed E-state index contributed by atoms with van der Waals surface area (Å²) in [6, 6.07) is 9.99. The van der Waals surface area contributed by atoms with Crippen molar-refractivity contribution in [3.8, 4) is 0 Å². The van der Waals surface area contributed by atoms with Crippen molar-refractivity contribution in [2.24, 2.45) is 0 Å². The molecule has 2 atom stereocenters. The fraction of sp³-hybridized carbons (Fsp3) is 0.538. The summed E-state index contributed by atoms with van der Waals surface area (Å²) in [5.41, 5.74) is -0.480. The quantitative estimate of drug-likeness (QED) is 0.647. The molecule has 0 saturated carbocycles. The number of thioether (sulfide) groups is 1. The highest BCUT2D eigenvalue weighted by atomic mass is 32.2. The Morgan fingerprint density at radius 3 is 2.19 bits per heavy atom. The molecule has 2 nitrogen and oxygen atoms in total. The number of benzene rings is 1. The van der Waals surface area contributed by atoms with E-state index in [9.17, 15) is 5.11 Å². The molecule has 0 aliphatic rings. The second-order valence-electron chi connectivity index (χ2n) is 4.77. The Morgan fingerprint density at radius 1 is 1.19 bits per heavy atom. The van der Waals surface area contributed by atoms with E-state index in [1.54, 1.807) is 18.7 Å². The molecule has 1 aromatic carbocycles. The number of hydrogen-bond donors (Lipinski definition) is 1. The molecule has 0 saturated heterocycles. The Hall–Kier alpha value is -0.510. The average molecular weight is 240 g/mol. The summed E-state index contributed by atoms with van der Waals surface area (Å²) in [6.45, 7) is 7.74. The molecule has 0 aromatic heterocycles. The summed E-state index contributed by atoms with van der Waals surface area (Å²) < 4.78 is 5.82. The molecule has 1 N–H and O–H groups in total. The first-order valence-corrected chi connectivity index (χ1v) is 6.34. The molecule has 3 heteroatoms. The maximum absolute atomic E-state index is 9.69.